The maximum Gasteiger partial charge on any atom is 0.412 e. The van der Waals surface area contributed by atoms with Crippen LogP contribution in [0.3, 0.4) is 0 Å². The van der Waals surface area contributed by atoms with Crippen LogP contribution in [0.25, 0.3) is 0 Å². The standard InChI is InChI=1S/C34H41N3O6/c1-34(2,3)43-33(41)37-29-17-13-12-16-28(29)36-32(40)26-20-22-27(23-21-26)35-30(38)18-10-5-4-6-11-19-31(39)42-24-25-14-8-7-9-15-25/h7-9,12-17,20-23H,4-6,10-11,18-19,24H2,1-3H3,(H,35,38)(H,36,40)(H,37,41). The fourth-order valence-electron chi connectivity index (χ4n) is 4.13. The van der Waals surface area contributed by atoms with Gasteiger partial charge in [0, 0.05) is 24.1 Å². The van der Waals surface area contributed by atoms with Gasteiger partial charge in [-0.25, -0.2) is 4.79 Å². The molecule has 228 valence electrons. The Balaban J connectivity index is 1.32. The molecule has 0 spiro atoms. The highest BCUT2D eigenvalue weighted by molar-refractivity contribution is 6.07. The number of para-hydroxylation sites is 2. The van der Waals surface area contributed by atoms with Crippen LogP contribution in [0.2, 0.25) is 0 Å². The molecule has 0 radical (unpaired) electrons. The Kier molecular flexibility index (Phi) is 12.8. The van der Waals surface area contributed by atoms with E-state index in [4.69, 9.17) is 9.47 Å². The Hall–Kier alpha value is -4.66. The van der Waals surface area contributed by atoms with Gasteiger partial charge in [-0.15, -0.1) is 0 Å². The first-order chi connectivity index (χ1) is 20.6. The number of carbonyl (C=O) groups excluding carboxylic acids is 4. The molecule has 0 aliphatic heterocycles. The highest BCUT2D eigenvalue weighted by Gasteiger charge is 2.18. The van der Waals surface area contributed by atoms with Crippen LogP contribution >= 0.6 is 0 Å². The second kappa shape index (κ2) is 16.7. The van der Waals surface area contributed by atoms with E-state index in [0.29, 0.717) is 42.1 Å². The van der Waals surface area contributed by atoms with E-state index in [1.165, 1.54) is 0 Å². The minimum absolute atomic E-state index is 0.0937. The van der Waals surface area contributed by atoms with Crippen LogP contribution in [0.5, 0.6) is 0 Å². The summed E-state index contributed by atoms with van der Waals surface area (Å²) in [5.74, 6) is -0.642. The molecule has 3 amide bonds. The SMILES string of the molecule is CC(C)(C)OC(=O)Nc1ccccc1NC(=O)c1ccc(NC(=O)CCCCCCCC(=O)OCc2ccccc2)cc1. The summed E-state index contributed by atoms with van der Waals surface area (Å²) < 4.78 is 10.6. The van der Waals surface area contributed by atoms with Crippen molar-refractivity contribution in [3.8, 4) is 0 Å². The van der Waals surface area contributed by atoms with Crippen LogP contribution in [0.15, 0.2) is 78.9 Å². The number of hydrogen-bond donors (Lipinski definition) is 3. The van der Waals surface area contributed by atoms with Crippen molar-refractivity contribution in [2.24, 2.45) is 0 Å². The third-order valence-electron chi connectivity index (χ3n) is 6.27. The predicted molar refractivity (Wildman–Crippen MR) is 168 cm³/mol. The number of rotatable bonds is 14. The van der Waals surface area contributed by atoms with E-state index in [0.717, 1.165) is 37.7 Å². The van der Waals surface area contributed by atoms with Crippen molar-refractivity contribution in [3.05, 3.63) is 90.0 Å². The maximum atomic E-state index is 12.8. The van der Waals surface area contributed by atoms with Crippen molar-refractivity contribution in [3.63, 3.8) is 0 Å². The minimum Gasteiger partial charge on any atom is -0.461 e. The number of amides is 3. The quantitative estimate of drug-likeness (QED) is 0.131. The molecule has 9 heteroatoms. The first kappa shape index (κ1) is 32.8. The van der Waals surface area contributed by atoms with E-state index >= 15 is 0 Å². The first-order valence-corrected chi connectivity index (χ1v) is 14.6. The first-order valence-electron chi connectivity index (χ1n) is 14.6. The molecule has 3 aromatic carbocycles. The van der Waals surface area contributed by atoms with Gasteiger partial charge in [-0.05, 0) is 75.6 Å². The zero-order valence-electron chi connectivity index (χ0n) is 25.1. The van der Waals surface area contributed by atoms with E-state index < -0.39 is 11.7 Å². The molecule has 3 N–H and O–H groups in total. The second-order valence-corrected chi connectivity index (χ2v) is 11.2. The summed E-state index contributed by atoms with van der Waals surface area (Å²) in [4.78, 5) is 49.2. The number of esters is 1. The summed E-state index contributed by atoms with van der Waals surface area (Å²) >= 11 is 0. The monoisotopic (exact) mass is 587 g/mol. The molecule has 0 saturated heterocycles. The van der Waals surface area contributed by atoms with E-state index in [2.05, 4.69) is 16.0 Å². The number of unbranched alkanes of at least 4 members (excludes halogenated alkanes) is 4. The molecule has 0 atom stereocenters. The van der Waals surface area contributed by atoms with Crippen molar-refractivity contribution in [2.75, 3.05) is 16.0 Å². The topological polar surface area (TPSA) is 123 Å². The molecule has 0 saturated carbocycles. The lowest BCUT2D eigenvalue weighted by molar-refractivity contribution is -0.145. The summed E-state index contributed by atoms with van der Waals surface area (Å²) in [6.07, 6.45) is 4.45. The van der Waals surface area contributed by atoms with E-state index in [1.54, 1.807) is 69.3 Å². The lowest BCUT2D eigenvalue weighted by Crippen LogP contribution is -2.27. The summed E-state index contributed by atoms with van der Waals surface area (Å²) in [6.45, 7) is 5.61. The number of ether oxygens (including phenoxy) is 2. The lowest BCUT2D eigenvalue weighted by atomic mass is 10.1. The van der Waals surface area contributed by atoms with Crippen LogP contribution in [0.1, 0.15) is 81.6 Å². The largest absolute Gasteiger partial charge is 0.461 e. The van der Waals surface area contributed by atoms with Gasteiger partial charge in [-0.2, -0.15) is 0 Å². The van der Waals surface area contributed by atoms with Gasteiger partial charge >= 0.3 is 12.1 Å². The zero-order valence-corrected chi connectivity index (χ0v) is 25.1. The second-order valence-electron chi connectivity index (χ2n) is 11.2. The Morgan fingerprint density at radius 3 is 1.88 bits per heavy atom. The van der Waals surface area contributed by atoms with Gasteiger partial charge in [0.05, 0.1) is 11.4 Å². The summed E-state index contributed by atoms with van der Waals surface area (Å²) in [5.41, 5.74) is 2.16. The van der Waals surface area contributed by atoms with Crippen LogP contribution in [0, 0.1) is 0 Å². The predicted octanol–water partition coefficient (Wildman–Crippen LogP) is 7.70. The van der Waals surface area contributed by atoms with Crippen LogP contribution in [-0.2, 0) is 25.7 Å². The van der Waals surface area contributed by atoms with Crippen molar-refractivity contribution in [1.29, 1.82) is 0 Å². The molecule has 0 bridgehead atoms. The highest BCUT2D eigenvalue weighted by atomic mass is 16.6. The third-order valence-corrected chi connectivity index (χ3v) is 6.27. The molecule has 0 aliphatic rings. The summed E-state index contributed by atoms with van der Waals surface area (Å²) in [5, 5.41) is 8.32. The van der Waals surface area contributed by atoms with Gasteiger partial charge in [-0.3, -0.25) is 19.7 Å². The molecule has 3 rings (SSSR count). The molecule has 3 aromatic rings. The van der Waals surface area contributed by atoms with Crippen molar-refractivity contribution in [1.82, 2.24) is 0 Å². The van der Waals surface area contributed by atoms with Crippen LogP contribution in [0.4, 0.5) is 21.9 Å². The normalized spacial score (nSPS) is 10.9. The Morgan fingerprint density at radius 1 is 0.651 bits per heavy atom. The van der Waals surface area contributed by atoms with Gasteiger partial charge in [0.2, 0.25) is 5.91 Å². The molecule has 0 unspecified atom stereocenters. The number of carbonyl (C=O) groups is 4. The average molecular weight is 588 g/mol. The molecule has 0 aliphatic carbocycles. The average Bonchev–Trinajstić information content (AvgIpc) is 2.96. The molecular formula is C34H41N3O6. The third kappa shape index (κ3) is 12.8. The van der Waals surface area contributed by atoms with Crippen LogP contribution in [-0.4, -0.2) is 29.5 Å². The molecular weight excluding hydrogens is 546 g/mol. The van der Waals surface area contributed by atoms with E-state index in [1.807, 2.05) is 30.3 Å². The maximum absolute atomic E-state index is 12.8. The van der Waals surface area contributed by atoms with Crippen LogP contribution < -0.4 is 16.0 Å². The fraction of sp³-hybridized carbons (Fsp3) is 0.353. The Labute approximate surface area is 253 Å². The molecule has 0 heterocycles. The van der Waals surface area contributed by atoms with Gasteiger partial charge in [-0.1, -0.05) is 61.7 Å². The molecule has 9 nitrogen and oxygen atoms in total. The highest BCUT2D eigenvalue weighted by Crippen LogP contribution is 2.23. The van der Waals surface area contributed by atoms with Crippen molar-refractivity contribution in [2.45, 2.75) is 77.9 Å². The number of hydrogen-bond acceptors (Lipinski definition) is 6. The van der Waals surface area contributed by atoms with Gasteiger partial charge in [0.15, 0.2) is 0 Å². The lowest BCUT2D eigenvalue weighted by Gasteiger charge is -2.20. The summed E-state index contributed by atoms with van der Waals surface area (Å²) in [6, 6.07) is 23.0. The van der Waals surface area contributed by atoms with Crippen molar-refractivity contribution >= 4 is 40.9 Å². The van der Waals surface area contributed by atoms with Gasteiger partial charge in [0.25, 0.3) is 5.91 Å². The molecule has 0 aromatic heterocycles. The minimum atomic E-state index is -0.652. The molecule has 0 fully saturated rings. The Morgan fingerprint density at radius 2 is 1.23 bits per heavy atom. The fourth-order valence-corrected chi connectivity index (χ4v) is 4.13. The number of anilines is 3. The van der Waals surface area contributed by atoms with E-state index in [-0.39, 0.29) is 17.8 Å². The van der Waals surface area contributed by atoms with Crippen molar-refractivity contribution < 1.29 is 28.7 Å². The molecule has 43 heavy (non-hydrogen) atoms. The number of nitrogens with one attached hydrogen (secondary N) is 3. The van der Waals surface area contributed by atoms with E-state index in [9.17, 15) is 19.2 Å². The summed E-state index contributed by atoms with van der Waals surface area (Å²) in [7, 11) is 0. The Bertz CT molecular complexity index is 1350. The van der Waals surface area contributed by atoms with Gasteiger partial charge in [0.1, 0.15) is 12.2 Å². The smallest absolute Gasteiger partial charge is 0.412 e. The zero-order chi connectivity index (χ0) is 31.1. The number of benzene rings is 3. The van der Waals surface area contributed by atoms with Gasteiger partial charge < -0.3 is 20.1 Å².